The number of nitrogens with two attached hydrogens (primary N) is 1. The van der Waals surface area contributed by atoms with Crippen molar-refractivity contribution in [3.63, 3.8) is 0 Å². The molecular formula is C24H51N3O2. The zero-order valence-corrected chi connectivity index (χ0v) is 19.8. The van der Waals surface area contributed by atoms with Crippen LogP contribution in [0.15, 0.2) is 0 Å². The number of aldehydes is 2. The zero-order chi connectivity index (χ0) is 22.0. The SMILES string of the molecule is CCCCCCCCCCC=O.CN1CCCCC1C=O.CNCCCCCN. The Morgan fingerprint density at radius 1 is 0.931 bits per heavy atom. The first kappa shape index (κ1) is 30.4. The van der Waals surface area contributed by atoms with Crippen LogP contribution in [-0.4, -0.2) is 57.2 Å². The third kappa shape index (κ3) is 25.2. The van der Waals surface area contributed by atoms with Crippen LogP contribution in [0.25, 0.3) is 0 Å². The lowest BCUT2D eigenvalue weighted by molar-refractivity contribution is -0.113. The molecule has 0 aromatic heterocycles. The maximum absolute atomic E-state index is 10.3. The molecule has 0 radical (unpaired) electrons. The summed E-state index contributed by atoms with van der Waals surface area (Å²) in [6.07, 6.45) is 20.5. The average Bonchev–Trinajstić information content (AvgIpc) is 2.74. The van der Waals surface area contributed by atoms with E-state index in [1.165, 1.54) is 77.0 Å². The second kappa shape index (κ2) is 27.2. The van der Waals surface area contributed by atoms with E-state index in [-0.39, 0.29) is 6.04 Å². The van der Waals surface area contributed by atoms with Crippen LogP contribution in [0.3, 0.4) is 0 Å². The van der Waals surface area contributed by atoms with E-state index in [2.05, 4.69) is 17.1 Å². The van der Waals surface area contributed by atoms with Crippen LogP contribution in [0.2, 0.25) is 0 Å². The van der Waals surface area contributed by atoms with Crippen molar-refractivity contribution in [2.24, 2.45) is 5.73 Å². The van der Waals surface area contributed by atoms with Crippen LogP contribution in [-0.2, 0) is 9.59 Å². The normalized spacial score (nSPS) is 16.2. The van der Waals surface area contributed by atoms with Crippen LogP contribution in [0.5, 0.6) is 0 Å². The van der Waals surface area contributed by atoms with Crippen LogP contribution in [0.1, 0.15) is 103 Å². The van der Waals surface area contributed by atoms with Gasteiger partial charge in [0.25, 0.3) is 0 Å². The molecule has 1 atom stereocenters. The Morgan fingerprint density at radius 3 is 2.03 bits per heavy atom. The number of rotatable bonds is 15. The van der Waals surface area contributed by atoms with Crippen molar-refractivity contribution in [3.8, 4) is 0 Å². The number of carbonyl (C=O) groups is 2. The second-order valence-corrected chi connectivity index (χ2v) is 8.06. The van der Waals surface area contributed by atoms with E-state index >= 15 is 0 Å². The van der Waals surface area contributed by atoms with E-state index in [9.17, 15) is 9.59 Å². The molecule has 29 heavy (non-hydrogen) atoms. The summed E-state index contributed by atoms with van der Waals surface area (Å²) in [5.41, 5.74) is 5.29. The zero-order valence-electron chi connectivity index (χ0n) is 19.8. The van der Waals surface area contributed by atoms with Gasteiger partial charge in [-0.05, 0) is 65.8 Å². The third-order valence-corrected chi connectivity index (χ3v) is 5.29. The lowest BCUT2D eigenvalue weighted by Crippen LogP contribution is -2.37. The van der Waals surface area contributed by atoms with Gasteiger partial charge in [0.05, 0.1) is 6.04 Å². The van der Waals surface area contributed by atoms with Gasteiger partial charge in [0.15, 0.2) is 0 Å². The molecule has 1 aliphatic rings. The van der Waals surface area contributed by atoms with E-state index in [1.54, 1.807) is 0 Å². The highest BCUT2D eigenvalue weighted by atomic mass is 16.1. The monoisotopic (exact) mass is 413 g/mol. The molecule has 0 aromatic carbocycles. The predicted molar refractivity (Wildman–Crippen MR) is 126 cm³/mol. The highest BCUT2D eigenvalue weighted by molar-refractivity contribution is 5.57. The van der Waals surface area contributed by atoms with Gasteiger partial charge in [-0.1, -0.05) is 64.7 Å². The summed E-state index contributed by atoms with van der Waals surface area (Å²) in [4.78, 5) is 22.4. The minimum Gasteiger partial charge on any atom is -0.330 e. The molecule has 1 unspecified atom stereocenters. The highest BCUT2D eigenvalue weighted by Gasteiger charge is 2.16. The largest absolute Gasteiger partial charge is 0.330 e. The van der Waals surface area contributed by atoms with Crippen LogP contribution in [0, 0.1) is 0 Å². The van der Waals surface area contributed by atoms with Gasteiger partial charge in [-0.15, -0.1) is 0 Å². The molecule has 0 amide bonds. The third-order valence-electron chi connectivity index (χ3n) is 5.29. The molecule has 0 saturated carbocycles. The lowest BCUT2D eigenvalue weighted by atomic mass is 10.0. The van der Waals surface area contributed by atoms with Crippen LogP contribution >= 0.6 is 0 Å². The minimum atomic E-state index is 0.207. The Labute approximate surface area is 181 Å². The fourth-order valence-electron chi connectivity index (χ4n) is 3.26. The Morgan fingerprint density at radius 2 is 1.55 bits per heavy atom. The minimum absolute atomic E-state index is 0.207. The van der Waals surface area contributed by atoms with Gasteiger partial charge < -0.3 is 20.6 Å². The molecule has 1 fully saturated rings. The molecule has 0 aromatic rings. The van der Waals surface area contributed by atoms with Gasteiger partial charge in [0.2, 0.25) is 0 Å². The van der Waals surface area contributed by atoms with Gasteiger partial charge in [-0.2, -0.15) is 0 Å². The van der Waals surface area contributed by atoms with Gasteiger partial charge in [-0.25, -0.2) is 0 Å². The molecular weight excluding hydrogens is 362 g/mol. The number of unbranched alkanes of at least 4 members (excludes halogenated alkanes) is 10. The summed E-state index contributed by atoms with van der Waals surface area (Å²) in [6, 6.07) is 0.207. The maximum Gasteiger partial charge on any atom is 0.137 e. The summed E-state index contributed by atoms with van der Waals surface area (Å²) >= 11 is 0. The number of carbonyl (C=O) groups excluding carboxylic acids is 2. The van der Waals surface area contributed by atoms with Gasteiger partial charge in [0.1, 0.15) is 12.6 Å². The van der Waals surface area contributed by atoms with E-state index in [1.807, 2.05) is 14.1 Å². The Kier molecular flexibility index (Phi) is 28.5. The Hall–Kier alpha value is -0.780. The number of nitrogens with zero attached hydrogens (tertiary/aromatic N) is 1. The number of likely N-dealkylation sites (tertiary alicyclic amines) is 1. The summed E-state index contributed by atoms with van der Waals surface area (Å²) in [6.45, 7) is 5.29. The van der Waals surface area contributed by atoms with Crippen LogP contribution < -0.4 is 11.1 Å². The number of likely N-dealkylation sites (N-methyl/N-ethyl adjacent to an activating group) is 1. The predicted octanol–water partition coefficient (Wildman–Crippen LogP) is 4.72. The molecule has 0 aliphatic carbocycles. The average molecular weight is 414 g/mol. The topological polar surface area (TPSA) is 75.4 Å². The van der Waals surface area contributed by atoms with Crippen molar-refractivity contribution in [2.45, 2.75) is 109 Å². The van der Waals surface area contributed by atoms with Gasteiger partial charge in [0, 0.05) is 6.42 Å². The van der Waals surface area contributed by atoms with Crippen LogP contribution in [0.4, 0.5) is 0 Å². The Balaban J connectivity index is 0. The maximum atomic E-state index is 10.3. The summed E-state index contributed by atoms with van der Waals surface area (Å²) in [7, 11) is 3.99. The quantitative estimate of drug-likeness (QED) is 0.300. The molecule has 0 bridgehead atoms. The molecule has 0 spiro atoms. The number of hydrogen-bond donors (Lipinski definition) is 2. The number of nitrogens with one attached hydrogen (secondary N) is 1. The fraction of sp³-hybridized carbons (Fsp3) is 0.917. The first-order valence-electron chi connectivity index (χ1n) is 12.1. The van der Waals surface area contributed by atoms with Crippen molar-refractivity contribution in [3.05, 3.63) is 0 Å². The van der Waals surface area contributed by atoms with E-state index in [4.69, 9.17) is 5.73 Å². The second-order valence-electron chi connectivity index (χ2n) is 8.06. The molecule has 3 N–H and O–H groups in total. The van der Waals surface area contributed by atoms with Crippen molar-refractivity contribution in [1.29, 1.82) is 0 Å². The number of hydrogen-bond acceptors (Lipinski definition) is 5. The lowest BCUT2D eigenvalue weighted by Gasteiger charge is -2.27. The molecule has 5 heteroatoms. The standard InChI is InChI=1S/C11H22O.C7H13NO.C6H16N2/c1-2-3-4-5-6-7-8-9-10-11-12;1-8-5-3-2-4-7(8)6-9;1-8-6-4-2-3-5-7/h11H,2-10H2,1H3;6-7H,2-5H2,1H3;8H,2-7H2,1H3. The smallest absolute Gasteiger partial charge is 0.137 e. The first-order chi connectivity index (χ1) is 14.2. The molecule has 1 saturated heterocycles. The van der Waals surface area contributed by atoms with Crippen molar-refractivity contribution in [2.75, 3.05) is 33.7 Å². The van der Waals surface area contributed by atoms with Gasteiger partial charge in [-0.3, -0.25) is 4.90 Å². The summed E-state index contributed by atoms with van der Waals surface area (Å²) < 4.78 is 0. The van der Waals surface area contributed by atoms with Gasteiger partial charge >= 0.3 is 0 Å². The highest BCUT2D eigenvalue weighted by Crippen LogP contribution is 2.12. The van der Waals surface area contributed by atoms with Crippen molar-refractivity contribution >= 4 is 12.6 Å². The molecule has 1 rings (SSSR count). The number of piperidine rings is 1. The summed E-state index contributed by atoms with van der Waals surface area (Å²) in [5.74, 6) is 0. The van der Waals surface area contributed by atoms with E-state index in [0.717, 1.165) is 51.5 Å². The molecule has 174 valence electrons. The van der Waals surface area contributed by atoms with E-state index in [0.29, 0.717) is 0 Å². The molecule has 1 aliphatic heterocycles. The fourth-order valence-corrected chi connectivity index (χ4v) is 3.26. The van der Waals surface area contributed by atoms with Crippen molar-refractivity contribution < 1.29 is 9.59 Å². The Bertz CT molecular complexity index is 321. The molecule has 5 nitrogen and oxygen atoms in total. The van der Waals surface area contributed by atoms with Crippen molar-refractivity contribution in [1.82, 2.24) is 10.2 Å². The summed E-state index contributed by atoms with van der Waals surface area (Å²) in [5, 5.41) is 3.09. The van der Waals surface area contributed by atoms with E-state index < -0.39 is 0 Å². The molecule has 1 heterocycles. The first-order valence-corrected chi connectivity index (χ1v) is 12.1.